The summed E-state index contributed by atoms with van der Waals surface area (Å²) in [7, 11) is 1.84. The number of carboxylic acids is 1. The molecule has 0 bridgehead atoms. The fourth-order valence-corrected chi connectivity index (χ4v) is 2.12. The standard InChI is InChI=1S/C14H11N3O2/c1-17-12-3-2-10(14(18)19)8-11(12)13(16-17)9-4-6-15-7-5-9/h2-8H,1H3,(H,18,19). The van der Waals surface area contributed by atoms with Gasteiger partial charge in [0.1, 0.15) is 5.69 Å². The minimum absolute atomic E-state index is 0.260. The quantitative estimate of drug-likeness (QED) is 0.761. The summed E-state index contributed by atoms with van der Waals surface area (Å²) in [6, 6.07) is 8.73. The summed E-state index contributed by atoms with van der Waals surface area (Å²) in [6.07, 6.45) is 3.38. The number of hydrogen-bond acceptors (Lipinski definition) is 3. The Hall–Kier alpha value is -2.69. The Labute approximate surface area is 109 Å². The van der Waals surface area contributed by atoms with E-state index in [-0.39, 0.29) is 5.56 Å². The number of benzene rings is 1. The van der Waals surface area contributed by atoms with Crippen LogP contribution in [0.25, 0.3) is 22.2 Å². The van der Waals surface area contributed by atoms with Crippen LogP contribution in [-0.4, -0.2) is 25.8 Å². The van der Waals surface area contributed by atoms with Crippen LogP contribution in [0.2, 0.25) is 0 Å². The maximum atomic E-state index is 11.1. The van der Waals surface area contributed by atoms with Crippen molar-refractivity contribution in [3.05, 3.63) is 48.3 Å². The summed E-state index contributed by atoms with van der Waals surface area (Å²) >= 11 is 0. The number of aryl methyl sites for hydroxylation is 1. The largest absolute Gasteiger partial charge is 0.478 e. The first-order valence-electron chi connectivity index (χ1n) is 5.77. The van der Waals surface area contributed by atoms with Gasteiger partial charge < -0.3 is 5.11 Å². The molecular formula is C14H11N3O2. The zero-order valence-electron chi connectivity index (χ0n) is 10.2. The Bertz CT molecular complexity index is 763. The lowest BCUT2D eigenvalue weighted by Crippen LogP contribution is -1.95. The van der Waals surface area contributed by atoms with Crippen molar-refractivity contribution in [3.63, 3.8) is 0 Å². The van der Waals surface area contributed by atoms with Gasteiger partial charge in [-0.15, -0.1) is 0 Å². The lowest BCUT2D eigenvalue weighted by Gasteiger charge is -1.98. The van der Waals surface area contributed by atoms with Crippen LogP contribution in [0.1, 0.15) is 10.4 Å². The number of carboxylic acid groups (broad SMARTS) is 1. The Morgan fingerprint density at radius 2 is 1.95 bits per heavy atom. The van der Waals surface area contributed by atoms with Crippen molar-refractivity contribution < 1.29 is 9.90 Å². The number of carbonyl (C=O) groups is 1. The van der Waals surface area contributed by atoms with Crippen LogP contribution in [0.15, 0.2) is 42.7 Å². The molecule has 0 fully saturated rings. The molecule has 0 saturated heterocycles. The van der Waals surface area contributed by atoms with E-state index in [0.29, 0.717) is 0 Å². The molecule has 5 heteroatoms. The molecule has 0 amide bonds. The molecule has 5 nitrogen and oxygen atoms in total. The van der Waals surface area contributed by atoms with Crippen molar-refractivity contribution in [3.8, 4) is 11.3 Å². The molecule has 1 aromatic carbocycles. The lowest BCUT2D eigenvalue weighted by molar-refractivity contribution is 0.0697. The Balaban J connectivity index is 2.30. The van der Waals surface area contributed by atoms with Gasteiger partial charge in [-0.2, -0.15) is 5.10 Å². The summed E-state index contributed by atoms with van der Waals surface area (Å²) in [4.78, 5) is 15.0. The molecule has 0 aliphatic rings. The number of nitrogens with zero attached hydrogens (tertiary/aromatic N) is 3. The molecule has 0 unspecified atom stereocenters. The van der Waals surface area contributed by atoms with E-state index in [1.807, 2.05) is 19.2 Å². The highest BCUT2D eigenvalue weighted by Gasteiger charge is 2.13. The second-order valence-electron chi connectivity index (χ2n) is 4.25. The first-order valence-corrected chi connectivity index (χ1v) is 5.77. The molecule has 0 aliphatic heterocycles. The van der Waals surface area contributed by atoms with Crippen molar-refractivity contribution in [2.24, 2.45) is 7.05 Å². The first kappa shape index (κ1) is 11.4. The first-order chi connectivity index (χ1) is 9.16. The molecule has 0 radical (unpaired) electrons. The third-order valence-corrected chi connectivity index (χ3v) is 3.05. The highest BCUT2D eigenvalue weighted by Crippen LogP contribution is 2.27. The van der Waals surface area contributed by atoms with Crippen LogP contribution in [0.4, 0.5) is 0 Å². The number of aromatic carboxylic acids is 1. The van der Waals surface area contributed by atoms with E-state index < -0.39 is 5.97 Å². The Kier molecular flexibility index (Phi) is 2.52. The van der Waals surface area contributed by atoms with E-state index >= 15 is 0 Å². The summed E-state index contributed by atoms with van der Waals surface area (Å²) in [6.45, 7) is 0. The van der Waals surface area contributed by atoms with Gasteiger partial charge in [-0.05, 0) is 30.3 Å². The predicted octanol–water partition coefficient (Wildman–Crippen LogP) is 2.33. The molecule has 19 heavy (non-hydrogen) atoms. The average Bonchev–Trinajstić information content (AvgIpc) is 2.77. The highest BCUT2D eigenvalue weighted by atomic mass is 16.4. The van der Waals surface area contributed by atoms with Gasteiger partial charge >= 0.3 is 5.97 Å². The van der Waals surface area contributed by atoms with Crippen LogP contribution in [0, 0.1) is 0 Å². The number of hydrogen-bond donors (Lipinski definition) is 1. The smallest absolute Gasteiger partial charge is 0.335 e. The molecule has 0 spiro atoms. The fraction of sp³-hybridized carbons (Fsp3) is 0.0714. The van der Waals surface area contributed by atoms with E-state index in [9.17, 15) is 4.79 Å². The third kappa shape index (κ3) is 1.85. The van der Waals surface area contributed by atoms with Crippen molar-refractivity contribution in [1.29, 1.82) is 0 Å². The molecule has 2 aromatic heterocycles. The van der Waals surface area contributed by atoms with E-state index in [1.54, 1.807) is 35.3 Å². The lowest BCUT2D eigenvalue weighted by atomic mass is 10.1. The molecule has 0 atom stereocenters. The Morgan fingerprint density at radius 3 is 2.63 bits per heavy atom. The molecule has 3 rings (SSSR count). The minimum Gasteiger partial charge on any atom is -0.478 e. The van der Waals surface area contributed by atoms with Crippen LogP contribution in [0.5, 0.6) is 0 Å². The summed E-state index contributed by atoms with van der Waals surface area (Å²) < 4.78 is 1.75. The zero-order valence-corrected chi connectivity index (χ0v) is 10.2. The van der Waals surface area contributed by atoms with Gasteiger partial charge in [0.15, 0.2) is 0 Å². The van der Waals surface area contributed by atoms with E-state index in [4.69, 9.17) is 5.11 Å². The molecule has 2 heterocycles. The molecule has 94 valence electrons. The van der Waals surface area contributed by atoms with Crippen LogP contribution >= 0.6 is 0 Å². The van der Waals surface area contributed by atoms with E-state index in [1.165, 1.54) is 0 Å². The van der Waals surface area contributed by atoms with E-state index in [0.717, 1.165) is 22.2 Å². The molecule has 0 saturated carbocycles. The Morgan fingerprint density at radius 1 is 1.21 bits per heavy atom. The highest BCUT2D eigenvalue weighted by molar-refractivity contribution is 5.99. The molecular weight excluding hydrogens is 242 g/mol. The maximum absolute atomic E-state index is 11.1. The van der Waals surface area contributed by atoms with Crippen molar-refractivity contribution in [2.45, 2.75) is 0 Å². The van der Waals surface area contributed by atoms with E-state index in [2.05, 4.69) is 10.1 Å². The van der Waals surface area contributed by atoms with Crippen molar-refractivity contribution >= 4 is 16.9 Å². The molecule has 3 aromatic rings. The maximum Gasteiger partial charge on any atom is 0.335 e. The summed E-state index contributed by atoms with van der Waals surface area (Å²) in [5, 5.41) is 14.4. The molecule has 1 N–H and O–H groups in total. The normalized spacial score (nSPS) is 10.8. The molecule has 0 aliphatic carbocycles. The second kappa shape index (κ2) is 4.20. The predicted molar refractivity (Wildman–Crippen MR) is 70.9 cm³/mol. The van der Waals surface area contributed by atoms with Crippen LogP contribution in [-0.2, 0) is 7.05 Å². The zero-order chi connectivity index (χ0) is 13.4. The van der Waals surface area contributed by atoms with Gasteiger partial charge in [0, 0.05) is 30.4 Å². The van der Waals surface area contributed by atoms with Crippen molar-refractivity contribution in [2.75, 3.05) is 0 Å². The minimum atomic E-state index is -0.938. The average molecular weight is 253 g/mol. The fourth-order valence-electron chi connectivity index (χ4n) is 2.12. The van der Waals surface area contributed by atoms with Gasteiger partial charge in [-0.25, -0.2) is 4.79 Å². The third-order valence-electron chi connectivity index (χ3n) is 3.05. The number of aromatic nitrogens is 3. The second-order valence-corrected chi connectivity index (χ2v) is 4.25. The number of pyridine rings is 1. The number of rotatable bonds is 2. The van der Waals surface area contributed by atoms with Crippen LogP contribution in [0.3, 0.4) is 0 Å². The van der Waals surface area contributed by atoms with Crippen LogP contribution < -0.4 is 0 Å². The monoisotopic (exact) mass is 253 g/mol. The van der Waals surface area contributed by atoms with Crippen molar-refractivity contribution in [1.82, 2.24) is 14.8 Å². The topological polar surface area (TPSA) is 68.0 Å². The summed E-state index contributed by atoms with van der Waals surface area (Å²) in [5.74, 6) is -0.938. The van der Waals surface area contributed by atoms with Gasteiger partial charge in [-0.1, -0.05) is 0 Å². The van der Waals surface area contributed by atoms with Gasteiger partial charge in [-0.3, -0.25) is 9.67 Å². The van der Waals surface area contributed by atoms with Gasteiger partial charge in [0.25, 0.3) is 0 Å². The number of fused-ring (bicyclic) bond motifs is 1. The van der Waals surface area contributed by atoms with Gasteiger partial charge in [0.05, 0.1) is 11.1 Å². The SMILES string of the molecule is Cn1nc(-c2ccncc2)c2cc(C(=O)O)ccc21. The van der Waals surface area contributed by atoms with Gasteiger partial charge in [0.2, 0.25) is 0 Å². The summed E-state index contributed by atoms with van der Waals surface area (Å²) in [5.41, 5.74) is 2.85.